The zero-order chi connectivity index (χ0) is 23.5. The number of hydrogen-bond donors (Lipinski definition) is 0. The van der Waals surface area contributed by atoms with Gasteiger partial charge >= 0.3 is 0 Å². The van der Waals surface area contributed by atoms with Crippen LogP contribution in [0.4, 0.5) is 4.39 Å². The summed E-state index contributed by atoms with van der Waals surface area (Å²) >= 11 is 1.24. The van der Waals surface area contributed by atoms with Gasteiger partial charge in [-0.3, -0.25) is 14.2 Å². The third kappa shape index (κ3) is 4.62. The van der Waals surface area contributed by atoms with Crippen molar-refractivity contribution in [2.45, 2.75) is 25.5 Å². The fraction of sp³-hybridized carbons (Fsp3) is 0.240. The molecule has 0 saturated carbocycles. The Morgan fingerprint density at radius 2 is 1.85 bits per heavy atom. The average molecular weight is 466 g/mol. The highest BCUT2D eigenvalue weighted by Gasteiger charge is 2.19. The number of Topliss-reactive ketones (excluding diaryl/α,β-unsaturated/α-hetero) is 1. The van der Waals surface area contributed by atoms with Crippen LogP contribution in [0.1, 0.15) is 21.7 Å². The summed E-state index contributed by atoms with van der Waals surface area (Å²) in [5, 5.41) is 1.02. The van der Waals surface area contributed by atoms with E-state index in [1.807, 2.05) is 30.5 Å². The fourth-order valence-corrected chi connectivity index (χ4v) is 4.79. The van der Waals surface area contributed by atoms with Crippen molar-refractivity contribution in [1.29, 1.82) is 0 Å². The number of carbonyl (C=O) groups excluding carboxylic acids is 1. The van der Waals surface area contributed by atoms with Crippen LogP contribution in [0.5, 0.6) is 0 Å². The van der Waals surface area contributed by atoms with Crippen LogP contribution in [-0.4, -0.2) is 39.4 Å². The van der Waals surface area contributed by atoms with E-state index in [0.29, 0.717) is 34.8 Å². The number of methoxy groups -OCH3 is 1. The number of carbonyl (C=O) groups is 1. The maximum Gasteiger partial charge on any atom is 0.262 e. The predicted molar refractivity (Wildman–Crippen MR) is 128 cm³/mol. The second kappa shape index (κ2) is 9.72. The van der Waals surface area contributed by atoms with Crippen LogP contribution in [0.3, 0.4) is 0 Å². The number of thioether (sulfide) groups is 1. The normalized spacial score (nSPS) is 11.3. The maximum absolute atomic E-state index is 13.3. The Hall–Kier alpha value is -3.23. The first kappa shape index (κ1) is 22.9. The zero-order valence-corrected chi connectivity index (χ0v) is 19.5. The van der Waals surface area contributed by atoms with Crippen LogP contribution in [0.25, 0.3) is 16.6 Å². The van der Waals surface area contributed by atoms with Crippen molar-refractivity contribution in [1.82, 2.24) is 14.1 Å². The van der Waals surface area contributed by atoms with E-state index in [-0.39, 0.29) is 22.9 Å². The number of fused-ring (bicyclic) bond motifs is 1. The number of benzene rings is 2. The summed E-state index contributed by atoms with van der Waals surface area (Å²) in [6.45, 7) is 4.49. The Bertz CT molecular complexity index is 1380. The summed E-state index contributed by atoms with van der Waals surface area (Å²) in [6, 6.07) is 15.2. The molecule has 0 atom stereocenters. The Labute approximate surface area is 195 Å². The summed E-state index contributed by atoms with van der Waals surface area (Å²) in [4.78, 5) is 30.8. The van der Waals surface area contributed by atoms with Gasteiger partial charge in [-0.25, -0.2) is 9.37 Å². The number of rotatable bonds is 8. The largest absolute Gasteiger partial charge is 0.383 e. The third-order valence-corrected chi connectivity index (χ3v) is 6.47. The lowest BCUT2D eigenvalue weighted by Gasteiger charge is -2.12. The van der Waals surface area contributed by atoms with Crippen molar-refractivity contribution in [3.63, 3.8) is 0 Å². The quantitative estimate of drug-likeness (QED) is 0.217. The van der Waals surface area contributed by atoms with Crippen molar-refractivity contribution < 1.29 is 13.9 Å². The van der Waals surface area contributed by atoms with Crippen molar-refractivity contribution in [2.24, 2.45) is 0 Å². The maximum atomic E-state index is 13.3. The number of aryl methyl sites for hydroxylation is 1. The first-order chi connectivity index (χ1) is 15.9. The molecule has 0 fully saturated rings. The molecule has 0 N–H and O–H groups in total. The Balaban J connectivity index is 1.62. The van der Waals surface area contributed by atoms with E-state index in [4.69, 9.17) is 4.74 Å². The molecule has 0 radical (unpaired) electrons. The summed E-state index contributed by atoms with van der Waals surface area (Å²) in [7, 11) is 1.58. The first-order valence-electron chi connectivity index (χ1n) is 10.5. The summed E-state index contributed by atoms with van der Waals surface area (Å²) in [5.41, 5.74) is 3.50. The second-order valence-electron chi connectivity index (χ2n) is 7.67. The van der Waals surface area contributed by atoms with E-state index in [9.17, 15) is 14.0 Å². The van der Waals surface area contributed by atoms with Gasteiger partial charge in [-0.2, -0.15) is 0 Å². The van der Waals surface area contributed by atoms with Crippen molar-refractivity contribution in [3.8, 4) is 5.69 Å². The van der Waals surface area contributed by atoms with Crippen molar-refractivity contribution in [3.05, 3.63) is 87.7 Å². The molecule has 2 aromatic carbocycles. The van der Waals surface area contributed by atoms with E-state index in [1.165, 1.54) is 23.9 Å². The lowest BCUT2D eigenvalue weighted by Crippen LogP contribution is -2.25. The minimum absolute atomic E-state index is 0.0674. The number of halogens is 1. The van der Waals surface area contributed by atoms with Crippen LogP contribution in [0.2, 0.25) is 0 Å². The lowest BCUT2D eigenvalue weighted by atomic mass is 10.2. The highest BCUT2D eigenvalue weighted by atomic mass is 32.2. The van der Waals surface area contributed by atoms with Crippen molar-refractivity contribution in [2.75, 3.05) is 19.5 Å². The lowest BCUT2D eigenvalue weighted by molar-refractivity contribution is 0.102. The van der Waals surface area contributed by atoms with Gasteiger partial charge in [-0.05, 0) is 56.3 Å². The number of hydrogen-bond acceptors (Lipinski definition) is 5. The van der Waals surface area contributed by atoms with E-state index >= 15 is 0 Å². The molecule has 0 amide bonds. The summed E-state index contributed by atoms with van der Waals surface area (Å²) in [6.07, 6.45) is 0. The second-order valence-corrected chi connectivity index (χ2v) is 8.61. The molecule has 0 saturated heterocycles. The highest BCUT2D eigenvalue weighted by molar-refractivity contribution is 7.99. The minimum Gasteiger partial charge on any atom is -0.383 e. The number of nitrogens with zero attached hydrogens (tertiary/aromatic N) is 3. The molecule has 0 aliphatic heterocycles. The van der Waals surface area contributed by atoms with Crippen LogP contribution < -0.4 is 5.56 Å². The van der Waals surface area contributed by atoms with Gasteiger partial charge in [-0.1, -0.05) is 23.9 Å². The predicted octanol–water partition coefficient (Wildman–Crippen LogP) is 4.56. The Morgan fingerprint density at radius 3 is 2.58 bits per heavy atom. The van der Waals surface area contributed by atoms with E-state index in [1.54, 1.807) is 42.0 Å². The smallest absolute Gasteiger partial charge is 0.262 e. The molecule has 0 unspecified atom stereocenters. The fourth-order valence-electron chi connectivity index (χ4n) is 3.88. The van der Waals surface area contributed by atoms with Gasteiger partial charge in [-0.15, -0.1) is 0 Å². The van der Waals surface area contributed by atoms with Crippen LogP contribution in [0.15, 0.2) is 64.5 Å². The first-order valence-corrected chi connectivity index (χ1v) is 11.5. The van der Waals surface area contributed by atoms with Gasteiger partial charge < -0.3 is 9.30 Å². The summed E-state index contributed by atoms with van der Waals surface area (Å²) < 4.78 is 22.0. The molecule has 8 heteroatoms. The molecule has 6 nitrogen and oxygen atoms in total. The van der Waals surface area contributed by atoms with E-state index in [0.717, 1.165) is 17.1 Å². The molecule has 4 aromatic rings. The molecule has 170 valence electrons. The highest BCUT2D eigenvalue weighted by Crippen LogP contribution is 2.24. The van der Waals surface area contributed by atoms with Gasteiger partial charge in [0.15, 0.2) is 10.9 Å². The average Bonchev–Trinajstić information content (AvgIpc) is 3.11. The monoisotopic (exact) mass is 465 g/mol. The number of para-hydroxylation sites is 1. The van der Waals surface area contributed by atoms with Gasteiger partial charge in [0, 0.05) is 29.7 Å². The molecule has 33 heavy (non-hydrogen) atoms. The van der Waals surface area contributed by atoms with Gasteiger partial charge in [0.1, 0.15) is 5.82 Å². The molecule has 0 spiro atoms. The number of ketones is 1. The Kier molecular flexibility index (Phi) is 6.76. The van der Waals surface area contributed by atoms with Crippen LogP contribution >= 0.6 is 11.8 Å². The molecule has 2 aromatic heterocycles. The Morgan fingerprint density at radius 1 is 1.12 bits per heavy atom. The van der Waals surface area contributed by atoms with E-state index < -0.39 is 0 Å². The van der Waals surface area contributed by atoms with E-state index in [2.05, 4.69) is 4.98 Å². The number of ether oxygens (including phenoxy) is 1. The van der Waals surface area contributed by atoms with Crippen molar-refractivity contribution >= 4 is 28.4 Å². The van der Waals surface area contributed by atoms with Crippen LogP contribution in [-0.2, 0) is 11.3 Å². The topological polar surface area (TPSA) is 66.1 Å². The third-order valence-electron chi connectivity index (χ3n) is 5.49. The number of aromatic nitrogens is 3. The molecule has 0 bridgehead atoms. The molecule has 2 heterocycles. The zero-order valence-electron chi connectivity index (χ0n) is 18.7. The molecule has 0 aliphatic carbocycles. The van der Waals surface area contributed by atoms with Gasteiger partial charge in [0.2, 0.25) is 0 Å². The van der Waals surface area contributed by atoms with Gasteiger partial charge in [0.25, 0.3) is 5.56 Å². The standard InChI is InChI=1S/C25H24FN3O3S/c1-16-14-21(17(2)29(16)19-10-8-18(26)9-11-19)23(30)15-33-25-27-22-7-5-4-6-20(22)24(31)28(25)12-13-32-3/h4-11,14H,12-13,15H2,1-3H3. The SMILES string of the molecule is COCCn1c(SCC(=O)c2cc(C)n(-c3ccc(F)cc3)c2C)nc2ccccc2c1=O. The molecular formula is C25H24FN3O3S. The molecular weight excluding hydrogens is 441 g/mol. The minimum atomic E-state index is -0.309. The molecule has 4 rings (SSSR count). The molecule has 0 aliphatic rings. The summed E-state index contributed by atoms with van der Waals surface area (Å²) in [5.74, 6) is -0.246. The van der Waals surface area contributed by atoms with Gasteiger partial charge in [0.05, 0.1) is 29.8 Å². The van der Waals surface area contributed by atoms with Crippen LogP contribution in [0, 0.1) is 19.7 Å².